The second kappa shape index (κ2) is 7.49. The van der Waals surface area contributed by atoms with Crippen molar-refractivity contribution in [2.45, 2.75) is 32.7 Å². The van der Waals surface area contributed by atoms with Crippen LogP contribution in [0.5, 0.6) is 0 Å². The van der Waals surface area contributed by atoms with Crippen LogP contribution in [-0.2, 0) is 4.74 Å². The number of thiophene rings is 1. The summed E-state index contributed by atoms with van der Waals surface area (Å²) in [5.74, 6) is 0. The first-order chi connectivity index (χ1) is 12.2. The Balaban J connectivity index is 0.000000880. The standard InChI is InChI=1S/C16H18N4O2S.C2H6/c1-19(2)11-3-6-17-15-12(11)13-14(23-15)16(21)20(9-18-13)10-4-7-22-8-5-10;1-2/h3,6,9-10H,4-5,7-8H2,1-2H3;1-2H3. The van der Waals surface area contributed by atoms with Crippen LogP contribution >= 0.6 is 11.3 Å². The van der Waals surface area contributed by atoms with Crippen molar-refractivity contribution in [2.24, 2.45) is 0 Å². The summed E-state index contributed by atoms with van der Waals surface area (Å²) in [5, 5.41) is 0.966. The van der Waals surface area contributed by atoms with Crippen LogP contribution in [0.3, 0.4) is 0 Å². The van der Waals surface area contributed by atoms with Crippen molar-refractivity contribution >= 4 is 37.5 Å². The van der Waals surface area contributed by atoms with Crippen LogP contribution in [0.1, 0.15) is 32.7 Å². The molecule has 0 saturated carbocycles. The van der Waals surface area contributed by atoms with Crippen LogP contribution < -0.4 is 10.5 Å². The molecule has 7 heteroatoms. The number of nitrogens with zero attached hydrogens (tertiary/aromatic N) is 4. The van der Waals surface area contributed by atoms with E-state index in [9.17, 15) is 4.79 Å². The molecule has 0 unspecified atom stereocenters. The molecule has 1 aliphatic rings. The van der Waals surface area contributed by atoms with Crippen molar-refractivity contribution in [2.75, 3.05) is 32.2 Å². The van der Waals surface area contributed by atoms with Gasteiger partial charge in [-0.2, -0.15) is 0 Å². The Hall–Kier alpha value is -1.99. The van der Waals surface area contributed by atoms with E-state index in [0.29, 0.717) is 17.9 Å². The Bertz CT molecular complexity index is 926. The number of rotatable bonds is 2. The molecule has 6 nitrogen and oxygen atoms in total. The predicted octanol–water partition coefficient (Wildman–Crippen LogP) is 3.45. The summed E-state index contributed by atoms with van der Waals surface area (Å²) in [6, 6.07) is 2.14. The van der Waals surface area contributed by atoms with Crippen molar-refractivity contribution in [3.63, 3.8) is 0 Å². The molecule has 4 heterocycles. The zero-order valence-corrected chi connectivity index (χ0v) is 16.0. The number of pyridine rings is 1. The van der Waals surface area contributed by atoms with Crippen molar-refractivity contribution in [3.05, 3.63) is 28.9 Å². The molecule has 25 heavy (non-hydrogen) atoms. The lowest BCUT2D eigenvalue weighted by molar-refractivity contribution is 0.0685. The second-order valence-electron chi connectivity index (χ2n) is 5.98. The third-order valence-corrected chi connectivity index (χ3v) is 5.43. The number of anilines is 1. The van der Waals surface area contributed by atoms with Gasteiger partial charge in [0.15, 0.2) is 0 Å². The molecule has 0 N–H and O–H groups in total. The van der Waals surface area contributed by atoms with E-state index in [1.807, 2.05) is 38.9 Å². The van der Waals surface area contributed by atoms with E-state index in [0.717, 1.165) is 34.3 Å². The smallest absolute Gasteiger partial charge is 0.271 e. The quantitative estimate of drug-likeness (QED) is 0.700. The highest BCUT2D eigenvalue weighted by Gasteiger charge is 2.21. The fraction of sp³-hybridized carbons (Fsp3) is 0.500. The van der Waals surface area contributed by atoms with E-state index in [1.165, 1.54) is 11.3 Å². The van der Waals surface area contributed by atoms with Gasteiger partial charge in [-0.05, 0) is 18.9 Å². The lowest BCUT2D eigenvalue weighted by atomic mass is 10.1. The Kier molecular flexibility index (Phi) is 5.34. The van der Waals surface area contributed by atoms with Gasteiger partial charge in [0.1, 0.15) is 9.53 Å². The van der Waals surface area contributed by atoms with Crippen LogP contribution in [0.2, 0.25) is 0 Å². The zero-order valence-electron chi connectivity index (χ0n) is 15.2. The molecule has 1 fully saturated rings. The Morgan fingerprint density at radius 2 is 1.96 bits per heavy atom. The summed E-state index contributed by atoms with van der Waals surface area (Å²) in [6.45, 7) is 5.40. The molecule has 0 amide bonds. The van der Waals surface area contributed by atoms with E-state index >= 15 is 0 Å². The molecule has 1 saturated heterocycles. The van der Waals surface area contributed by atoms with Crippen LogP contribution in [0.25, 0.3) is 20.4 Å². The van der Waals surface area contributed by atoms with Crippen LogP contribution in [0.15, 0.2) is 23.4 Å². The normalized spacial score (nSPS) is 15.2. The fourth-order valence-electron chi connectivity index (χ4n) is 3.15. The molecule has 3 aromatic rings. The summed E-state index contributed by atoms with van der Waals surface area (Å²) in [5.41, 5.74) is 1.83. The van der Waals surface area contributed by atoms with Gasteiger partial charge in [0.2, 0.25) is 0 Å². The van der Waals surface area contributed by atoms with Crippen LogP contribution in [-0.4, -0.2) is 41.8 Å². The molecule has 4 rings (SSSR count). The molecular weight excluding hydrogens is 336 g/mol. The predicted molar refractivity (Wildman–Crippen MR) is 104 cm³/mol. The molecular formula is C18H24N4O2S. The molecule has 0 spiro atoms. The van der Waals surface area contributed by atoms with Crippen molar-refractivity contribution in [3.8, 4) is 0 Å². The van der Waals surface area contributed by atoms with E-state index < -0.39 is 0 Å². The highest BCUT2D eigenvalue weighted by molar-refractivity contribution is 7.25. The Morgan fingerprint density at radius 3 is 2.64 bits per heavy atom. The first kappa shape index (κ1) is 17.8. The molecule has 0 aromatic carbocycles. The number of hydrogen-bond donors (Lipinski definition) is 0. The van der Waals surface area contributed by atoms with Gasteiger partial charge in [0, 0.05) is 39.5 Å². The average molecular weight is 360 g/mol. The number of aromatic nitrogens is 3. The van der Waals surface area contributed by atoms with Crippen molar-refractivity contribution in [1.29, 1.82) is 0 Å². The van der Waals surface area contributed by atoms with Crippen LogP contribution in [0.4, 0.5) is 5.69 Å². The molecule has 0 bridgehead atoms. The summed E-state index contributed by atoms with van der Waals surface area (Å²) in [6.07, 6.45) is 5.20. The largest absolute Gasteiger partial charge is 0.381 e. The minimum atomic E-state index is 0.0367. The van der Waals surface area contributed by atoms with Gasteiger partial charge in [-0.3, -0.25) is 9.36 Å². The highest BCUT2D eigenvalue weighted by Crippen LogP contribution is 2.35. The van der Waals surface area contributed by atoms with Gasteiger partial charge in [0.05, 0.1) is 22.9 Å². The Morgan fingerprint density at radius 1 is 1.24 bits per heavy atom. The monoisotopic (exact) mass is 360 g/mol. The second-order valence-corrected chi connectivity index (χ2v) is 6.98. The van der Waals surface area contributed by atoms with E-state index in [4.69, 9.17) is 4.74 Å². The van der Waals surface area contributed by atoms with Crippen molar-refractivity contribution < 1.29 is 4.74 Å². The maximum atomic E-state index is 12.9. The van der Waals surface area contributed by atoms with Gasteiger partial charge in [-0.1, -0.05) is 13.8 Å². The van der Waals surface area contributed by atoms with Gasteiger partial charge < -0.3 is 9.64 Å². The topological polar surface area (TPSA) is 60.2 Å². The van der Waals surface area contributed by atoms with E-state index in [-0.39, 0.29) is 11.6 Å². The summed E-state index contributed by atoms with van der Waals surface area (Å²) in [7, 11) is 3.98. The number of ether oxygens (including phenoxy) is 1. The average Bonchev–Trinajstić information content (AvgIpc) is 3.04. The Labute approximate surface area is 151 Å². The SMILES string of the molecule is CC.CN(C)c1ccnc2sc3c(=O)n(C4CCOCC4)cnc3c12. The molecule has 3 aromatic heterocycles. The maximum Gasteiger partial charge on any atom is 0.271 e. The van der Waals surface area contributed by atoms with Gasteiger partial charge in [-0.25, -0.2) is 9.97 Å². The molecule has 1 aliphatic heterocycles. The third-order valence-electron chi connectivity index (χ3n) is 4.35. The number of fused-ring (bicyclic) bond motifs is 3. The molecule has 0 radical (unpaired) electrons. The summed E-state index contributed by atoms with van der Waals surface area (Å²) in [4.78, 5) is 24.9. The minimum Gasteiger partial charge on any atom is -0.381 e. The highest BCUT2D eigenvalue weighted by atomic mass is 32.1. The van der Waals surface area contributed by atoms with Gasteiger partial charge in [-0.15, -0.1) is 11.3 Å². The summed E-state index contributed by atoms with van der Waals surface area (Å²) >= 11 is 1.43. The lowest BCUT2D eigenvalue weighted by Crippen LogP contribution is -2.28. The van der Waals surface area contributed by atoms with Crippen molar-refractivity contribution in [1.82, 2.24) is 14.5 Å². The molecule has 0 aliphatic carbocycles. The van der Waals surface area contributed by atoms with E-state index in [1.54, 1.807) is 17.1 Å². The van der Waals surface area contributed by atoms with E-state index in [2.05, 4.69) is 9.97 Å². The first-order valence-corrected chi connectivity index (χ1v) is 9.52. The zero-order chi connectivity index (χ0) is 18.0. The van der Waals surface area contributed by atoms with Crippen LogP contribution in [0, 0.1) is 0 Å². The molecule has 0 atom stereocenters. The molecule has 134 valence electrons. The minimum absolute atomic E-state index is 0.0367. The summed E-state index contributed by atoms with van der Waals surface area (Å²) < 4.78 is 7.85. The lowest BCUT2D eigenvalue weighted by Gasteiger charge is -2.23. The number of hydrogen-bond acceptors (Lipinski definition) is 6. The first-order valence-electron chi connectivity index (χ1n) is 8.70. The fourth-order valence-corrected chi connectivity index (χ4v) is 4.20. The van der Waals surface area contributed by atoms with Gasteiger partial charge >= 0.3 is 0 Å². The third kappa shape index (κ3) is 3.14. The maximum absolute atomic E-state index is 12.9. The van der Waals surface area contributed by atoms with Gasteiger partial charge in [0.25, 0.3) is 5.56 Å².